The zero-order valence-electron chi connectivity index (χ0n) is 18.8. The number of hydrogen-bond donors (Lipinski definition) is 0. The maximum atomic E-state index is 12.8. The molecule has 1 aliphatic rings. The van der Waals surface area contributed by atoms with E-state index in [4.69, 9.17) is 4.74 Å². The van der Waals surface area contributed by atoms with Gasteiger partial charge in [0.1, 0.15) is 11.6 Å². The van der Waals surface area contributed by atoms with Gasteiger partial charge >= 0.3 is 6.09 Å². The van der Waals surface area contributed by atoms with Crippen LogP contribution in [0.4, 0.5) is 10.5 Å². The third kappa shape index (κ3) is 4.39. The second kappa shape index (κ2) is 8.93. The summed E-state index contributed by atoms with van der Waals surface area (Å²) in [6.07, 6.45) is 9.67. The lowest BCUT2D eigenvalue weighted by molar-refractivity contribution is 0.0715. The molecule has 1 fully saturated rings. The predicted octanol–water partition coefficient (Wildman–Crippen LogP) is 3.54. The van der Waals surface area contributed by atoms with Crippen LogP contribution in [0, 0.1) is 0 Å². The summed E-state index contributed by atoms with van der Waals surface area (Å²) in [5.74, 6) is 0. The maximum absolute atomic E-state index is 12.8. The fourth-order valence-corrected chi connectivity index (χ4v) is 4.18. The van der Waals surface area contributed by atoms with Gasteiger partial charge in [-0.05, 0) is 18.9 Å². The maximum Gasteiger partial charge on any atom is 0.410 e. The summed E-state index contributed by atoms with van der Waals surface area (Å²) >= 11 is 0. The third-order valence-corrected chi connectivity index (χ3v) is 6.03. The van der Waals surface area contributed by atoms with E-state index in [1.807, 2.05) is 73.6 Å². The molecule has 3 aromatic heterocycles. The first kappa shape index (κ1) is 21.0. The molecule has 0 saturated carbocycles. The summed E-state index contributed by atoms with van der Waals surface area (Å²) in [5.41, 5.74) is 4.73. The van der Waals surface area contributed by atoms with Gasteiger partial charge in [0.15, 0.2) is 0 Å². The summed E-state index contributed by atoms with van der Waals surface area (Å²) in [6.45, 7) is 4.71. The molecule has 0 spiro atoms. The van der Waals surface area contributed by atoms with Crippen molar-refractivity contribution in [3.63, 3.8) is 0 Å². The number of benzene rings is 1. The molecule has 1 amide bonds. The molecular weight excluding hydrogens is 418 g/mol. The van der Waals surface area contributed by atoms with E-state index in [2.05, 4.69) is 20.1 Å². The fraction of sp³-hybridized carbons (Fsp3) is 0.333. The first-order valence-corrected chi connectivity index (χ1v) is 11.2. The van der Waals surface area contributed by atoms with E-state index in [1.165, 1.54) is 0 Å². The molecule has 5 rings (SSSR count). The molecule has 9 nitrogen and oxygen atoms in total. The molecule has 1 aliphatic heterocycles. The van der Waals surface area contributed by atoms with E-state index in [0.29, 0.717) is 19.6 Å². The third-order valence-electron chi connectivity index (χ3n) is 6.03. The van der Waals surface area contributed by atoms with Crippen LogP contribution >= 0.6 is 0 Å². The average molecular weight is 446 g/mol. The number of hydrogen-bond acceptors (Lipinski definition) is 6. The van der Waals surface area contributed by atoms with Gasteiger partial charge < -0.3 is 14.5 Å². The van der Waals surface area contributed by atoms with Crippen LogP contribution in [0.2, 0.25) is 0 Å². The Hall–Kier alpha value is -3.88. The van der Waals surface area contributed by atoms with Crippen LogP contribution in [0.25, 0.3) is 16.8 Å². The number of carbonyl (C=O) groups is 1. The number of carbonyl (C=O) groups excluding carboxylic acids is 1. The average Bonchev–Trinajstić information content (AvgIpc) is 3.38. The minimum Gasteiger partial charge on any atom is -0.442 e. The molecule has 1 saturated heterocycles. The topological polar surface area (TPSA) is 80.8 Å². The molecule has 170 valence electrons. The first-order chi connectivity index (χ1) is 16.1. The van der Waals surface area contributed by atoms with Crippen molar-refractivity contribution in [1.29, 1.82) is 0 Å². The van der Waals surface area contributed by atoms with Crippen LogP contribution in [0.15, 0.2) is 61.3 Å². The van der Waals surface area contributed by atoms with E-state index in [1.54, 1.807) is 15.8 Å². The number of amides is 1. The van der Waals surface area contributed by atoms with Crippen LogP contribution in [0.1, 0.15) is 25.0 Å². The van der Waals surface area contributed by atoms with Gasteiger partial charge in [0.25, 0.3) is 0 Å². The largest absolute Gasteiger partial charge is 0.442 e. The zero-order valence-corrected chi connectivity index (χ0v) is 18.8. The summed E-state index contributed by atoms with van der Waals surface area (Å²) < 4.78 is 9.32. The summed E-state index contributed by atoms with van der Waals surface area (Å²) in [5, 5.41) is 8.76. The molecule has 4 heterocycles. The van der Waals surface area contributed by atoms with Crippen LogP contribution in [0.3, 0.4) is 0 Å². The van der Waals surface area contributed by atoms with Crippen molar-refractivity contribution in [1.82, 2.24) is 29.3 Å². The van der Waals surface area contributed by atoms with Gasteiger partial charge in [0, 0.05) is 45.0 Å². The molecule has 1 atom stereocenters. The van der Waals surface area contributed by atoms with Crippen molar-refractivity contribution < 1.29 is 9.53 Å². The minimum atomic E-state index is -0.280. The van der Waals surface area contributed by atoms with Crippen molar-refractivity contribution in [3.05, 3.63) is 66.9 Å². The van der Waals surface area contributed by atoms with E-state index in [0.717, 1.165) is 41.0 Å². The van der Waals surface area contributed by atoms with E-state index in [-0.39, 0.29) is 12.2 Å². The molecule has 0 radical (unpaired) electrons. The molecule has 4 aromatic rings. The van der Waals surface area contributed by atoms with Crippen molar-refractivity contribution in [3.8, 4) is 11.3 Å². The number of aromatic nitrogens is 5. The minimum absolute atomic E-state index is 0.268. The predicted molar refractivity (Wildman–Crippen MR) is 125 cm³/mol. The van der Waals surface area contributed by atoms with Gasteiger partial charge in [0.2, 0.25) is 0 Å². The highest BCUT2D eigenvalue weighted by Crippen LogP contribution is 2.25. The van der Waals surface area contributed by atoms with Gasteiger partial charge in [-0.2, -0.15) is 10.2 Å². The summed E-state index contributed by atoms with van der Waals surface area (Å²) in [6, 6.07) is 9.81. The molecule has 0 aliphatic carbocycles. The Labute approximate surface area is 192 Å². The van der Waals surface area contributed by atoms with Crippen LogP contribution < -0.4 is 4.90 Å². The summed E-state index contributed by atoms with van der Waals surface area (Å²) in [4.78, 5) is 21.4. The monoisotopic (exact) mass is 445 g/mol. The standard InChI is InChI=1S/C24H27N7O2/c1-18(19-7-4-3-5-8-19)33-24(32)30-10-6-9-29(11-12-30)22-15-27-31-17-21(25-14-23(22)31)20-13-26-28(2)16-20/h3-5,7-8,13-18H,6,9-12H2,1-2H3/t18-/m1/s1. The van der Waals surface area contributed by atoms with Gasteiger partial charge in [-0.3, -0.25) is 9.67 Å². The van der Waals surface area contributed by atoms with E-state index in [9.17, 15) is 4.79 Å². The van der Waals surface area contributed by atoms with Crippen LogP contribution in [-0.2, 0) is 11.8 Å². The lowest BCUT2D eigenvalue weighted by atomic mass is 10.1. The molecule has 9 heteroatoms. The van der Waals surface area contributed by atoms with E-state index >= 15 is 0 Å². The second-order valence-corrected chi connectivity index (χ2v) is 8.30. The number of aryl methyl sites for hydroxylation is 1. The van der Waals surface area contributed by atoms with Gasteiger partial charge in [-0.25, -0.2) is 9.31 Å². The zero-order chi connectivity index (χ0) is 22.8. The second-order valence-electron chi connectivity index (χ2n) is 8.30. The normalized spacial score (nSPS) is 15.5. The van der Waals surface area contributed by atoms with Gasteiger partial charge in [-0.1, -0.05) is 30.3 Å². The van der Waals surface area contributed by atoms with Crippen LogP contribution in [0.5, 0.6) is 0 Å². The van der Waals surface area contributed by atoms with Crippen molar-refractivity contribution in [2.24, 2.45) is 7.05 Å². The van der Waals surface area contributed by atoms with Crippen molar-refractivity contribution in [2.75, 3.05) is 31.1 Å². The fourth-order valence-electron chi connectivity index (χ4n) is 4.18. The number of rotatable bonds is 4. The number of anilines is 1. The highest BCUT2D eigenvalue weighted by atomic mass is 16.6. The molecule has 0 unspecified atom stereocenters. The Balaban J connectivity index is 1.26. The molecular formula is C24H27N7O2. The van der Waals surface area contributed by atoms with Gasteiger partial charge in [-0.15, -0.1) is 0 Å². The Kier molecular flexibility index (Phi) is 5.68. The quantitative estimate of drug-likeness (QED) is 0.478. The summed E-state index contributed by atoms with van der Waals surface area (Å²) in [7, 11) is 1.88. The molecule has 0 N–H and O–H groups in total. The number of nitrogens with zero attached hydrogens (tertiary/aromatic N) is 7. The van der Waals surface area contributed by atoms with Crippen LogP contribution in [-0.4, -0.2) is 61.6 Å². The molecule has 0 bridgehead atoms. The molecule has 33 heavy (non-hydrogen) atoms. The molecule has 1 aromatic carbocycles. The highest BCUT2D eigenvalue weighted by Gasteiger charge is 2.24. The lowest BCUT2D eigenvalue weighted by Gasteiger charge is -2.24. The number of fused-ring (bicyclic) bond motifs is 1. The number of ether oxygens (including phenoxy) is 1. The van der Waals surface area contributed by atoms with Crippen molar-refractivity contribution >= 4 is 17.3 Å². The van der Waals surface area contributed by atoms with Crippen molar-refractivity contribution in [2.45, 2.75) is 19.4 Å². The van der Waals surface area contributed by atoms with Gasteiger partial charge in [0.05, 0.1) is 36.2 Å². The SMILES string of the molecule is C[C@@H](OC(=O)N1CCCN(c2cnn3cc(-c4cnn(C)c4)ncc23)CC1)c1ccccc1. The Morgan fingerprint density at radius 2 is 1.85 bits per heavy atom. The van der Waals surface area contributed by atoms with E-state index < -0.39 is 0 Å². The smallest absolute Gasteiger partial charge is 0.410 e. The lowest BCUT2D eigenvalue weighted by Crippen LogP contribution is -2.36. The highest BCUT2D eigenvalue weighted by molar-refractivity contribution is 5.73. The first-order valence-electron chi connectivity index (χ1n) is 11.2. The Morgan fingerprint density at radius 3 is 2.64 bits per heavy atom. The Morgan fingerprint density at radius 1 is 1.00 bits per heavy atom. The Bertz CT molecular complexity index is 1250.